The lowest BCUT2D eigenvalue weighted by atomic mass is 9.83. The SMILES string of the molecule is CC(CCN)CN(C)CCC1CCC1. The fourth-order valence-corrected chi connectivity index (χ4v) is 2.18. The lowest BCUT2D eigenvalue weighted by Gasteiger charge is -2.28. The van der Waals surface area contributed by atoms with Crippen LogP contribution in [0.5, 0.6) is 0 Å². The second kappa shape index (κ2) is 6.41. The summed E-state index contributed by atoms with van der Waals surface area (Å²) in [5.74, 6) is 1.80. The minimum absolute atomic E-state index is 0.756. The van der Waals surface area contributed by atoms with Gasteiger partial charge in [0.15, 0.2) is 0 Å². The van der Waals surface area contributed by atoms with Crippen molar-refractivity contribution in [1.82, 2.24) is 4.90 Å². The second-order valence-electron chi connectivity index (χ2n) is 5.03. The van der Waals surface area contributed by atoms with Gasteiger partial charge in [0.25, 0.3) is 0 Å². The molecular formula is C12H26N2. The van der Waals surface area contributed by atoms with Crippen LogP contribution in [0, 0.1) is 11.8 Å². The average Bonchev–Trinajstić information content (AvgIpc) is 2.01. The maximum absolute atomic E-state index is 5.54. The van der Waals surface area contributed by atoms with E-state index in [1.54, 1.807) is 0 Å². The first kappa shape index (κ1) is 12.0. The molecule has 14 heavy (non-hydrogen) atoms. The van der Waals surface area contributed by atoms with Crippen molar-refractivity contribution in [2.24, 2.45) is 17.6 Å². The van der Waals surface area contributed by atoms with Crippen LogP contribution in [0.15, 0.2) is 0 Å². The Labute approximate surface area is 88.8 Å². The predicted molar refractivity (Wildman–Crippen MR) is 62.3 cm³/mol. The number of hydrogen-bond donors (Lipinski definition) is 1. The Morgan fingerprint density at radius 3 is 2.64 bits per heavy atom. The van der Waals surface area contributed by atoms with Gasteiger partial charge in [-0.05, 0) is 44.8 Å². The Morgan fingerprint density at radius 1 is 1.43 bits per heavy atom. The van der Waals surface area contributed by atoms with Crippen LogP contribution in [0.1, 0.15) is 39.0 Å². The van der Waals surface area contributed by atoms with E-state index in [0.717, 1.165) is 24.8 Å². The highest BCUT2D eigenvalue weighted by Crippen LogP contribution is 2.29. The van der Waals surface area contributed by atoms with Crippen LogP contribution >= 0.6 is 0 Å². The maximum atomic E-state index is 5.54. The van der Waals surface area contributed by atoms with E-state index < -0.39 is 0 Å². The summed E-state index contributed by atoms with van der Waals surface area (Å²) in [5, 5.41) is 0. The quantitative estimate of drug-likeness (QED) is 0.679. The molecule has 0 radical (unpaired) electrons. The van der Waals surface area contributed by atoms with E-state index in [1.165, 1.54) is 38.8 Å². The first-order valence-electron chi connectivity index (χ1n) is 6.11. The van der Waals surface area contributed by atoms with Crippen molar-refractivity contribution in [1.29, 1.82) is 0 Å². The molecule has 0 aliphatic heterocycles. The summed E-state index contributed by atoms with van der Waals surface area (Å²) >= 11 is 0. The summed E-state index contributed by atoms with van der Waals surface area (Å²) < 4.78 is 0. The molecule has 1 atom stereocenters. The van der Waals surface area contributed by atoms with Gasteiger partial charge in [-0.2, -0.15) is 0 Å². The van der Waals surface area contributed by atoms with Crippen molar-refractivity contribution in [2.75, 3.05) is 26.7 Å². The Morgan fingerprint density at radius 2 is 2.14 bits per heavy atom. The highest BCUT2D eigenvalue weighted by Gasteiger charge is 2.17. The van der Waals surface area contributed by atoms with Gasteiger partial charge in [0.2, 0.25) is 0 Å². The highest BCUT2D eigenvalue weighted by molar-refractivity contribution is 4.71. The van der Waals surface area contributed by atoms with Gasteiger partial charge < -0.3 is 10.6 Å². The highest BCUT2D eigenvalue weighted by atomic mass is 15.1. The van der Waals surface area contributed by atoms with E-state index in [1.807, 2.05) is 0 Å². The number of nitrogens with two attached hydrogens (primary N) is 1. The van der Waals surface area contributed by atoms with Gasteiger partial charge in [0.1, 0.15) is 0 Å². The molecule has 2 heteroatoms. The molecule has 84 valence electrons. The smallest absolute Gasteiger partial charge is 0.000444 e. The third kappa shape index (κ3) is 4.43. The molecule has 1 saturated carbocycles. The molecule has 0 aromatic heterocycles. The molecule has 0 bridgehead atoms. The van der Waals surface area contributed by atoms with Crippen molar-refractivity contribution in [2.45, 2.75) is 39.0 Å². The van der Waals surface area contributed by atoms with Gasteiger partial charge >= 0.3 is 0 Å². The van der Waals surface area contributed by atoms with Crippen molar-refractivity contribution >= 4 is 0 Å². The van der Waals surface area contributed by atoms with Gasteiger partial charge in [-0.1, -0.05) is 26.2 Å². The topological polar surface area (TPSA) is 29.3 Å². The minimum atomic E-state index is 0.756. The molecule has 0 aromatic rings. The van der Waals surface area contributed by atoms with Crippen molar-refractivity contribution in [3.8, 4) is 0 Å². The number of nitrogens with zero attached hydrogens (tertiary/aromatic N) is 1. The van der Waals surface area contributed by atoms with Gasteiger partial charge in [-0.15, -0.1) is 0 Å². The first-order valence-corrected chi connectivity index (χ1v) is 6.11. The van der Waals surface area contributed by atoms with Crippen LogP contribution in [-0.2, 0) is 0 Å². The van der Waals surface area contributed by atoms with E-state index in [-0.39, 0.29) is 0 Å². The molecule has 2 N–H and O–H groups in total. The molecule has 1 aliphatic carbocycles. The molecule has 0 aromatic carbocycles. The fourth-order valence-electron chi connectivity index (χ4n) is 2.18. The summed E-state index contributed by atoms with van der Waals surface area (Å²) in [6.45, 7) is 5.62. The summed E-state index contributed by atoms with van der Waals surface area (Å²) in [6, 6.07) is 0. The molecule has 2 nitrogen and oxygen atoms in total. The predicted octanol–water partition coefficient (Wildman–Crippen LogP) is 2.09. The summed E-state index contributed by atoms with van der Waals surface area (Å²) in [6.07, 6.45) is 7.00. The van der Waals surface area contributed by atoms with Gasteiger partial charge in [-0.3, -0.25) is 0 Å². The zero-order valence-corrected chi connectivity index (χ0v) is 9.84. The molecule has 1 aliphatic rings. The lowest BCUT2D eigenvalue weighted by Crippen LogP contribution is -2.28. The molecule has 0 amide bonds. The number of rotatable bonds is 7. The summed E-state index contributed by atoms with van der Waals surface area (Å²) in [4.78, 5) is 2.47. The Balaban J connectivity index is 1.99. The largest absolute Gasteiger partial charge is 0.330 e. The molecule has 1 fully saturated rings. The van der Waals surface area contributed by atoms with Crippen LogP contribution < -0.4 is 5.73 Å². The van der Waals surface area contributed by atoms with E-state index in [9.17, 15) is 0 Å². The Hall–Kier alpha value is -0.0800. The van der Waals surface area contributed by atoms with Crippen LogP contribution in [0.2, 0.25) is 0 Å². The molecule has 1 unspecified atom stereocenters. The van der Waals surface area contributed by atoms with Gasteiger partial charge in [-0.25, -0.2) is 0 Å². The molecular weight excluding hydrogens is 172 g/mol. The van der Waals surface area contributed by atoms with Gasteiger partial charge in [0, 0.05) is 6.54 Å². The van der Waals surface area contributed by atoms with E-state index in [0.29, 0.717) is 0 Å². The zero-order valence-electron chi connectivity index (χ0n) is 9.84. The van der Waals surface area contributed by atoms with Crippen molar-refractivity contribution in [3.63, 3.8) is 0 Å². The van der Waals surface area contributed by atoms with Gasteiger partial charge in [0.05, 0.1) is 0 Å². The zero-order chi connectivity index (χ0) is 10.4. The Bertz CT molecular complexity index is 143. The Kier molecular flexibility index (Phi) is 5.49. The molecule has 1 rings (SSSR count). The van der Waals surface area contributed by atoms with Crippen LogP contribution in [0.25, 0.3) is 0 Å². The fraction of sp³-hybridized carbons (Fsp3) is 1.00. The lowest BCUT2D eigenvalue weighted by molar-refractivity contribution is 0.220. The summed E-state index contributed by atoms with van der Waals surface area (Å²) in [5.41, 5.74) is 5.54. The molecule has 0 saturated heterocycles. The monoisotopic (exact) mass is 198 g/mol. The third-order valence-electron chi connectivity index (χ3n) is 3.43. The van der Waals surface area contributed by atoms with E-state index in [2.05, 4.69) is 18.9 Å². The standard InChI is InChI=1S/C12H26N2/c1-11(6-8-13)10-14(2)9-7-12-4-3-5-12/h11-12H,3-10,13H2,1-2H3. The van der Waals surface area contributed by atoms with Crippen LogP contribution in [-0.4, -0.2) is 31.6 Å². The van der Waals surface area contributed by atoms with Crippen LogP contribution in [0.4, 0.5) is 0 Å². The van der Waals surface area contributed by atoms with Crippen molar-refractivity contribution < 1.29 is 0 Å². The molecule has 0 heterocycles. The molecule has 0 spiro atoms. The third-order valence-corrected chi connectivity index (χ3v) is 3.43. The summed E-state index contributed by atoms with van der Waals surface area (Å²) in [7, 11) is 2.24. The maximum Gasteiger partial charge on any atom is 0.000444 e. The van der Waals surface area contributed by atoms with Crippen LogP contribution in [0.3, 0.4) is 0 Å². The number of hydrogen-bond acceptors (Lipinski definition) is 2. The minimum Gasteiger partial charge on any atom is -0.330 e. The van der Waals surface area contributed by atoms with E-state index >= 15 is 0 Å². The first-order chi connectivity index (χ1) is 6.72. The van der Waals surface area contributed by atoms with Crippen molar-refractivity contribution in [3.05, 3.63) is 0 Å². The second-order valence-corrected chi connectivity index (χ2v) is 5.03. The van der Waals surface area contributed by atoms with E-state index in [4.69, 9.17) is 5.73 Å². The normalized spacial score (nSPS) is 19.7. The average molecular weight is 198 g/mol.